The second-order valence-corrected chi connectivity index (χ2v) is 7.37. The minimum atomic E-state index is 0.258. The molecule has 0 spiro atoms. The van der Waals surface area contributed by atoms with Gasteiger partial charge < -0.3 is 10.6 Å². The standard InChI is InChI=1S/C14H20N2OS/c1-14(2)5-6-16(8-14)11-7-10(15)13(18-11)12(17)9-3-4-9/h7,9H,3-6,8,15H2,1-2H3. The molecule has 2 N–H and O–H groups in total. The van der Waals surface area contributed by atoms with Crippen molar-refractivity contribution in [2.45, 2.75) is 33.1 Å². The fourth-order valence-corrected chi connectivity index (χ4v) is 3.70. The third-order valence-corrected chi connectivity index (χ3v) is 5.13. The van der Waals surface area contributed by atoms with Crippen LogP contribution < -0.4 is 10.6 Å². The lowest BCUT2D eigenvalue weighted by atomic mass is 9.93. The number of nitrogen functional groups attached to an aromatic ring is 1. The van der Waals surface area contributed by atoms with E-state index >= 15 is 0 Å². The molecule has 3 nitrogen and oxygen atoms in total. The summed E-state index contributed by atoms with van der Waals surface area (Å²) in [6.07, 6.45) is 3.29. The van der Waals surface area contributed by atoms with E-state index in [1.807, 2.05) is 6.07 Å². The Morgan fingerprint density at radius 1 is 1.50 bits per heavy atom. The molecule has 0 atom stereocenters. The molecule has 2 heterocycles. The van der Waals surface area contributed by atoms with Gasteiger partial charge in [0.1, 0.15) is 0 Å². The number of Topliss-reactive ketones (excluding diaryl/α,β-unsaturated/α-hetero) is 1. The third-order valence-electron chi connectivity index (χ3n) is 3.91. The van der Waals surface area contributed by atoms with Gasteiger partial charge >= 0.3 is 0 Å². The number of ketones is 1. The van der Waals surface area contributed by atoms with Crippen molar-refractivity contribution in [2.75, 3.05) is 23.7 Å². The van der Waals surface area contributed by atoms with Crippen LogP contribution in [0.25, 0.3) is 0 Å². The van der Waals surface area contributed by atoms with Crippen molar-refractivity contribution in [2.24, 2.45) is 11.3 Å². The highest BCUT2D eigenvalue weighted by atomic mass is 32.1. The smallest absolute Gasteiger partial charge is 0.178 e. The molecule has 0 radical (unpaired) electrons. The van der Waals surface area contributed by atoms with Crippen molar-refractivity contribution >= 4 is 27.8 Å². The van der Waals surface area contributed by atoms with Crippen molar-refractivity contribution < 1.29 is 4.79 Å². The zero-order chi connectivity index (χ0) is 12.9. The van der Waals surface area contributed by atoms with E-state index in [9.17, 15) is 4.79 Å². The molecule has 0 unspecified atom stereocenters. The normalized spacial score (nSPS) is 22.4. The molecular weight excluding hydrogens is 244 g/mol. The highest BCUT2D eigenvalue weighted by Gasteiger charge is 2.34. The number of carbonyl (C=O) groups is 1. The van der Waals surface area contributed by atoms with Gasteiger partial charge in [-0.3, -0.25) is 4.79 Å². The van der Waals surface area contributed by atoms with Crippen LogP contribution >= 0.6 is 11.3 Å². The molecule has 0 amide bonds. The quantitative estimate of drug-likeness (QED) is 0.853. The number of anilines is 2. The first-order chi connectivity index (χ1) is 8.46. The first-order valence-corrected chi connectivity index (χ1v) is 7.46. The molecule has 0 aromatic carbocycles. The number of rotatable bonds is 3. The molecule has 1 aromatic heterocycles. The van der Waals surface area contributed by atoms with Gasteiger partial charge in [-0.15, -0.1) is 11.3 Å². The van der Waals surface area contributed by atoms with E-state index in [0.717, 1.165) is 30.8 Å². The topological polar surface area (TPSA) is 46.3 Å². The zero-order valence-corrected chi connectivity index (χ0v) is 11.8. The van der Waals surface area contributed by atoms with E-state index in [1.165, 1.54) is 11.4 Å². The Balaban J connectivity index is 1.82. The second-order valence-electron chi connectivity index (χ2n) is 6.34. The Morgan fingerprint density at radius 2 is 2.22 bits per heavy atom. The minimum absolute atomic E-state index is 0.258. The molecule has 1 aliphatic carbocycles. The molecule has 1 aromatic rings. The predicted octanol–water partition coefficient (Wildman–Crippen LogP) is 3.16. The molecule has 98 valence electrons. The van der Waals surface area contributed by atoms with E-state index < -0.39 is 0 Å². The van der Waals surface area contributed by atoms with Crippen LogP contribution in [0.3, 0.4) is 0 Å². The minimum Gasteiger partial charge on any atom is -0.397 e. The Bertz CT molecular complexity index is 488. The molecule has 4 heteroatoms. The van der Waals surface area contributed by atoms with Crippen molar-refractivity contribution in [3.63, 3.8) is 0 Å². The van der Waals surface area contributed by atoms with Gasteiger partial charge in [0.2, 0.25) is 0 Å². The number of carbonyl (C=O) groups excluding carboxylic acids is 1. The average Bonchev–Trinajstić information content (AvgIpc) is 2.99. The summed E-state index contributed by atoms with van der Waals surface area (Å²) in [7, 11) is 0. The molecule has 1 saturated heterocycles. The van der Waals surface area contributed by atoms with Crippen LogP contribution in [0.15, 0.2) is 6.07 Å². The van der Waals surface area contributed by atoms with Gasteiger partial charge in [-0.05, 0) is 30.7 Å². The SMILES string of the molecule is CC1(C)CCN(c2cc(N)c(C(=O)C3CC3)s2)C1. The molecule has 2 aliphatic rings. The second kappa shape index (κ2) is 3.98. The number of hydrogen-bond donors (Lipinski definition) is 1. The van der Waals surface area contributed by atoms with Gasteiger partial charge in [-0.1, -0.05) is 13.8 Å². The Kier molecular flexibility index (Phi) is 2.66. The van der Waals surface area contributed by atoms with Crippen molar-refractivity contribution in [3.05, 3.63) is 10.9 Å². The summed E-state index contributed by atoms with van der Waals surface area (Å²) in [5, 5.41) is 1.17. The number of thiophene rings is 1. The van der Waals surface area contributed by atoms with E-state index in [1.54, 1.807) is 11.3 Å². The van der Waals surface area contributed by atoms with Gasteiger partial charge in [0.25, 0.3) is 0 Å². The van der Waals surface area contributed by atoms with Gasteiger partial charge in [0.15, 0.2) is 5.78 Å². The average molecular weight is 264 g/mol. The van der Waals surface area contributed by atoms with Crippen LogP contribution in [0.1, 0.15) is 42.8 Å². The highest BCUT2D eigenvalue weighted by molar-refractivity contribution is 7.18. The zero-order valence-electron chi connectivity index (χ0n) is 11.0. The monoisotopic (exact) mass is 264 g/mol. The largest absolute Gasteiger partial charge is 0.397 e. The summed E-state index contributed by atoms with van der Waals surface area (Å²) in [4.78, 5) is 15.3. The fraction of sp³-hybridized carbons (Fsp3) is 0.643. The van der Waals surface area contributed by atoms with Crippen LogP contribution in [-0.2, 0) is 0 Å². The third kappa shape index (κ3) is 2.14. The molecule has 2 fully saturated rings. The Hall–Kier alpha value is -1.03. The van der Waals surface area contributed by atoms with E-state index in [0.29, 0.717) is 11.1 Å². The van der Waals surface area contributed by atoms with E-state index in [-0.39, 0.29) is 11.7 Å². The van der Waals surface area contributed by atoms with Crippen molar-refractivity contribution in [1.29, 1.82) is 0 Å². The van der Waals surface area contributed by atoms with E-state index in [2.05, 4.69) is 18.7 Å². The van der Waals surface area contributed by atoms with E-state index in [4.69, 9.17) is 5.73 Å². The van der Waals surface area contributed by atoms with Gasteiger partial charge in [0.05, 0.1) is 15.6 Å². The van der Waals surface area contributed by atoms with Gasteiger partial charge in [-0.2, -0.15) is 0 Å². The van der Waals surface area contributed by atoms with Crippen LogP contribution in [0.2, 0.25) is 0 Å². The summed E-state index contributed by atoms with van der Waals surface area (Å²) in [5.74, 6) is 0.524. The summed E-state index contributed by atoms with van der Waals surface area (Å²) < 4.78 is 0. The first-order valence-electron chi connectivity index (χ1n) is 6.65. The van der Waals surface area contributed by atoms with Gasteiger partial charge in [0, 0.05) is 19.0 Å². The number of nitrogens with zero attached hydrogens (tertiary/aromatic N) is 1. The van der Waals surface area contributed by atoms with Crippen LogP contribution in [-0.4, -0.2) is 18.9 Å². The van der Waals surface area contributed by atoms with Gasteiger partial charge in [-0.25, -0.2) is 0 Å². The molecule has 1 aliphatic heterocycles. The molecular formula is C14H20N2OS. The first kappa shape index (κ1) is 12.0. The summed E-state index contributed by atoms with van der Waals surface area (Å²) in [6.45, 7) is 6.72. The lowest BCUT2D eigenvalue weighted by molar-refractivity contribution is 0.0972. The summed E-state index contributed by atoms with van der Waals surface area (Å²) in [6, 6.07) is 1.99. The maximum atomic E-state index is 12.1. The summed E-state index contributed by atoms with van der Waals surface area (Å²) in [5.41, 5.74) is 7.06. The van der Waals surface area contributed by atoms with Crippen molar-refractivity contribution in [1.82, 2.24) is 0 Å². The Labute approximate surface area is 112 Å². The highest BCUT2D eigenvalue weighted by Crippen LogP contribution is 2.42. The number of hydrogen-bond acceptors (Lipinski definition) is 4. The lowest BCUT2D eigenvalue weighted by Crippen LogP contribution is -2.21. The van der Waals surface area contributed by atoms with Crippen LogP contribution in [0, 0.1) is 11.3 Å². The molecule has 0 bridgehead atoms. The molecule has 3 rings (SSSR count). The lowest BCUT2D eigenvalue weighted by Gasteiger charge is -2.19. The number of nitrogens with two attached hydrogens (primary N) is 1. The molecule has 18 heavy (non-hydrogen) atoms. The van der Waals surface area contributed by atoms with Crippen molar-refractivity contribution in [3.8, 4) is 0 Å². The van der Waals surface area contributed by atoms with Crippen LogP contribution in [0.5, 0.6) is 0 Å². The molecule has 1 saturated carbocycles. The maximum Gasteiger partial charge on any atom is 0.178 e. The van der Waals surface area contributed by atoms with Crippen LogP contribution in [0.4, 0.5) is 10.7 Å². The Morgan fingerprint density at radius 3 is 2.78 bits per heavy atom. The fourth-order valence-electron chi connectivity index (χ4n) is 2.57. The predicted molar refractivity (Wildman–Crippen MR) is 76.4 cm³/mol. The maximum absolute atomic E-state index is 12.1. The summed E-state index contributed by atoms with van der Waals surface area (Å²) >= 11 is 1.59.